The van der Waals surface area contributed by atoms with Crippen LogP contribution in [0.4, 0.5) is 0 Å². The van der Waals surface area contributed by atoms with E-state index in [1.54, 1.807) is 6.92 Å². The second-order valence-corrected chi connectivity index (χ2v) is 6.41. The Morgan fingerprint density at radius 2 is 2.10 bits per heavy atom. The molecule has 2 heterocycles. The number of hydrogen-bond acceptors (Lipinski definition) is 3. The third-order valence-corrected chi connectivity index (χ3v) is 4.83. The zero-order valence-electron chi connectivity index (χ0n) is 12.4. The van der Waals surface area contributed by atoms with Gasteiger partial charge >= 0.3 is 0 Å². The van der Waals surface area contributed by atoms with Crippen molar-refractivity contribution in [3.05, 3.63) is 18.0 Å². The predicted octanol–water partition coefficient (Wildman–Crippen LogP) is 2.80. The van der Waals surface area contributed by atoms with Crippen LogP contribution in [0.25, 0.3) is 0 Å². The molecule has 0 amide bonds. The Labute approximate surface area is 121 Å². The van der Waals surface area contributed by atoms with Gasteiger partial charge in [0.15, 0.2) is 0 Å². The third-order valence-electron chi connectivity index (χ3n) is 4.83. The molecule has 0 aromatic carbocycles. The Morgan fingerprint density at radius 3 is 2.85 bits per heavy atom. The summed E-state index contributed by atoms with van der Waals surface area (Å²) in [6, 6.07) is 2.77. The highest BCUT2D eigenvalue weighted by molar-refractivity contribution is 5.78. The van der Waals surface area contributed by atoms with E-state index in [-0.39, 0.29) is 5.92 Å². The molecule has 0 spiro atoms. The van der Waals surface area contributed by atoms with E-state index >= 15 is 0 Å². The van der Waals surface area contributed by atoms with Gasteiger partial charge in [0.1, 0.15) is 5.78 Å². The van der Waals surface area contributed by atoms with Crippen LogP contribution in [0.15, 0.2) is 12.3 Å². The number of Topliss-reactive ketones (excluding diaryl/α,β-unsaturated/α-hetero) is 1. The molecule has 1 atom stereocenters. The van der Waals surface area contributed by atoms with Gasteiger partial charge in [0.25, 0.3) is 0 Å². The number of likely N-dealkylation sites (tertiary alicyclic amines) is 1. The molecule has 4 nitrogen and oxygen atoms in total. The summed E-state index contributed by atoms with van der Waals surface area (Å²) in [6.45, 7) is 4.62. The first-order valence-corrected chi connectivity index (χ1v) is 7.99. The summed E-state index contributed by atoms with van der Waals surface area (Å²) in [5.74, 6) is 0.576. The van der Waals surface area contributed by atoms with E-state index in [0.29, 0.717) is 11.8 Å². The summed E-state index contributed by atoms with van der Waals surface area (Å²) >= 11 is 0. The van der Waals surface area contributed by atoms with Gasteiger partial charge in [0.05, 0.1) is 11.7 Å². The lowest BCUT2D eigenvalue weighted by Crippen LogP contribution is -2.37. The molecule has 1 saturated carbocycles. The summed E-state index contributed by atoms with van der Waals surface area (Å²) < 4.78 is 2.16. The second-order valence-electron chi connectivity index (χ2n) is 6.41. The first-order chi connectivity index (χ1) is 9.72. The van der Waals surface area contributed by atoms with E-state index in [0.717, 1.165) is 38.2 Å². The number of aromatic nitrogens is 2. The lowest BCUT2D eigenvalue weighted by Gasteiger charge is -2.30. The number of nitrogens with zero attached hydrogens (tertiary/aromatic N) is 3. The fourth-order valence-corrected chi connectivity index (χ4v) is 3.59. The molecule has 2 fully saturated rings. The first-order valence-electron chi connectivity index (χ1n) is 7.99. The van der Waals surface area contributed by atoms with Crippen molar-refractivity contribution >= 4 is 5.78 Å². The molecule has 0 radical (unpaired) electrons. The topological polar surface area (TPSA) is 38.1 Å². The highest BCUT2D eigenvalue weighted by Crippen LogP contribution is 2.29. The van der Waals surface area contributed by atoms with Crippen molar-refractivity contribution in [1.29, 1.82) is 0 Å². The molecule has 110 valence electrons. The molecule has 1 aromatic heterocycles. The fraction of sp³-hybridized carbons (Fsp3) is 0.750. The van der Waals surface area contributed by atoms with Crippen LogP contribution in [-0.4, -0.2) is 33.6 Å². The van der Waals surface area contributed by atoms with Gasteiger partial charge in [0, 0.05) is 25.2 Å². The molecule has 20 heavy (non-hydrogen) atoms. The maximum Gasteiger partial charge on any atom is 0.134 e. The summed E-state index contributed by atoms with van der Waals surface area (Å²) in [5.41, 5.74) is 1.15. The molecule has 1 aliphatic carbocycles. The van der Waals surface area contributed by atoms with E-state index in [1.807, 2.05) is 0 Å². The van der Waals surface area contributed by atoms with Crippen LogP contribution in [0.5, 0.6) is 0 Å². The monoisotopic (exact) mass is 275 g/mol. The van der Waals surface area contributed by atoms with Gasteiger partial charge in [-0.1, -0.05) is 12.8 Å². The predicted molar refractivity (Wildman–Crippen MR) is 78.4 cm³/mol. The molecule has 1 aromatic rings. The number of hydrogen-bond donors (Lipinski definition) is 0. The van der Waals surface area contributed by atoms with E-state index in [9.17, 15) is 4.79 Å². The minimum absolute atomic E-state index is 0.237. The lowest BCUT2D eigenvalue weighted by atomic mass is 9.94. The van der Waals surface area contributed by atoms with Gasteiger partial charge < -0.3 is 0 Å². The first kappa shape index (κ1) is 13.8. The number of carbonyl (C=O) groups is 1. The average Bonchev–Trinajstić information content (AvgIpc) is 3.09. The summed E-state index contributed by atoms with van der Waals surface area (Å²) in [4.78, 5) is 13.9. The largest absolute Gasteiger partial charge is 0.300 e. The van der Waals surface area contributed by atoms with Crippen molar-refractivity contribution in [2.75, 3.05) is 13.1 Å². The van der Waals surface area contributed by atoms with E-state index < -0.39 is 0 Å². The quantitative estimate of drug-likeness (QED) is 0.848. The maximum absolute atomic E-state index is 11.5. The number of carbonyl (C=O) groups excluding carboxylic acids is 1. The molecule has 1 aliphatic heterocycles. The third kappa shape index (κ3) is 3.11. The lowest BCUT2D eigenvalue weighted by molar-refractivity contribution is -0.122. The Morgan fingerprint density at radius 1 is 1.30 bits per heavy atom. The summed E-state index contributed by atoms with van der Waals surface area (Å²) in [5, 5.41) is 4.75. The standard InChI is InChI=1S/C16H25N3O/c1-13(20)14-5-4-9-18(11-14)12-15-8-10-19(17-15)16-6-2-3-7-16/h8,10,14,16H,2-7,9,11-12H2,1H3. The highest BCUT2D eigenvalue weighted by atomic mass is 16.1. The number of piperidine rings is 1. The normalized spacial score (nSPS) is 25.1. The highest BCUT2D eigenvalue weighted by Gasteiger charge is 2.24. The van der Waals surface area contributed by atoms with Crippen LogP contribution < -0.4 is 0 Å². The van der Waals surface area contributed by atoms with Crippen molar-refractivity contribution in [1.82, 2.24) is 14.7 Å². The SMILES string of the molecule is CC(=O)C1CCCN(Cc2ccn(C3CCCC3)n2)C1. The van der Waals surface area contributed by atoms with Gasteiger partial charge in [-0.05, 0) is 45.2 Å². The smallest absolute Gasteiger partial charge is 0.134 e. The minimum Gasteiger partial charge on any atom is -0.300 e. The second kappa shape index (κ2) is 6.08. The molecule has 3 rings (SSSR count). The van der Waals surface area contributed by atoms with Gasteiger partial charge in [0.2, 0.25) is 0 Å². The van der Waals surface area contributed by atoms with Gasteiger partial charge in [-0.25, -0.2) is 0 Å². The Hall–Kier alpha value is -1.16. The number of rotatable bonds is 4. The molecule has 2 aliphatic rings. The van der Waals surface area contributed by atoms with Crippen molar-refractivity contribution in [3.63, 3.8) is 0 Å². The number of ketones is 1. The molecular formula is C16H25N3O. The van der Waals surface area contributed by atoms with Crippen LogP contribution in [-0.2, 0) is 11.3 Å². The Bertz CT molecular complexity index is 462. The maximum atomic E-state index is 11.5. The van der Waals surface area contributed by atoms with Crippen LogP contribution >= 0.6 is 0 Å². The van der Waals surface area contributed by atoms with Crippen molar-refractivity contribution < 1.29 is 4.79 Å². The average molecular weight is 275 g/mol. The molecule has 0 N–H and O–H groups in total. The summed E-state index contributed by atoms with van der Waals surface area (Å²) in [6.07, 6.45) is 9.56. The van der Waals surface area contributed by atoms with Crippen molar-refractivity contribution in [3.8, 4) is 0 Å². The van der Waals surface area contributed by atoms with Gasteiger partial charge in [-0.15, -0.1) is 0 Å². The fourth-order valence-electron chi connectivity index (χ4n) is 3.59. The molecule has 1 saturated heterocycles. The van der Waals surface area contributed by atoms with Crippen LogP contribution in [0, 0.1) is 5.92 Å². The van der Waals surface area contributed by atoms with Crippen LogP contribution in [0.2, 0.25) is 0 Å². The van der Waals surface area contributed by atoms with E-state index in [4.69, 9.17) is 5.10 Å². The van der Waals surface area contributed by atoms with Crippen LogP contribution in [0.1, 0.15) is 57.2 Å². The van der Waals surface area contributed by atoms with Gasteiger partial charge in [-0.3, -0.25) is 14.4 Å². The molecule has 0 bridgehead atoms. The Kier molecular flexibility index (Phi) is 4.20. The molecule has 4 heteroatoms. The molecule has 1 unspecified atom stereocenters. The molecular weight excluding hydrogens is 250 g/mol. The van der Waals surface area contributed by atoms with Gasteiger partial charge in [-0.2, -0.15) is 5.10 Å². The van der Waals surface area contributed by atoms with Crippen molar-refractivity contribution in [2.24, 2.45) is 5.92 Å². The Balaban J connectivity index is 1.58. The van der Waals surface area contributed by atoms with Crippen LogP contribution in [0.3, 0.4) is 0 Å². The zero-order chi connectivity index (χ0) is 13.9. The van der Waals surface area contributed by atoms with Crippen molar-refractivity contribution in [2.45, 2.75) is 58.0 Å². The van der Waals surface area contributed by atoms with E-state index in [1.165, 1.54) is 25.7 Å². The zero-order valence-corrected chi connectivity index (χ0v) is 12.4. The minimum atomic E-state index is 0.237. The van der Waals surface area contributed by atoms with E-state index in [2.05, 4.69) is 21.8 Å². The summed E-state index contributed by atoms with van der Waals surface area (Å²) in [7, 11) is 0.